The highest BCUT2D eigenvalue weighted by Crippen LogP contribution is 2.41. The molecule has 0 radical (unpaired) electrons. The molecule has 0 fully saturated rings. The number of Topliss-reactive ketones (excluding diaryl/α,β-unsaturated/α-hetero) is 1. The minimum atomic E-state index is -0.762. The van der Waals surface area contributed by atoms with Gasteiger partial charge in [0, 0.05) is 0 Å². The van der Waals surface area contributed by atoms with Crippen molar-refractivity contribution < 1.29 is 23.8 Å². The van der Waals surface area contributed by atoms with Gasteiger partial charge in [0.05, 0.1) is 25.7 Å². The van der Waals surface area contributed by atoms with Crippen molar-refractivity contribution in [2.24, 2.45) is 5.92 Å². The van der Waals surface area contributed by atoms with Gasteiger partial charge in [0.2, 0.25) is 5.75 Å². The van der Waals surface area contributed by atoms with Crippen LogP contribution >= 0.6 is 0 Å². The van der Waals surface area contributed by atoms with Gasteiger partial charge in [-0.3, -0.25) is 4.79 Å². The smallest absolute Gasteiger partial charge is 0.204 e. The van der Waals surface area contributed by atoms with E-state index in [9.17, 15) is 9.59 Å². The summed E-state index contributed by atoms with van der Waals surface area (Å²) in [5.74, 6) is -0.0242. The first-order valence-corrected chi connectivity index (χ1v) is 7.53. The Balaban J connectivity index is 2.43. The Morgan fingerprint density at radius 2 is 1.75 bits per heavy atom. The third-order valence-electron chi connectivity index (χ3n) is 3.61. The van der Waals surface area contributed by atoms with Gasteiger partial charge in [-0.1, -0.05) is 30.3 Å². The topological polar surface area (TPSA) is 61.8 Å². The van der Waals surface area contributed by atoms with Gasteiger partial charge in [-0.25, -0.2) is 0 Å². The fraction of sp³-hybridized carbons (Fsp3) is 0.263. The van der Waals surface area contributed by atoms with E-state index in [1.54, 1.807) is 19.1 Å². The van der Waals surface area contributed by atoms with Crippen molar-refractivity contribution in [3.05, 3.63) is 53.6 Å². The van der Waals surface area contributed by atoms with Crippen LogP contribution < -0.4 is 14.2 Å². The Kier molecular flexibility index (Phi) is 5.95. The third kappa shape index (κ3) is 3.74. The zero-order valence-corrected chi connectivity index (χ0v) is 13.9. The number of ether oxygens (including phenoxy) is 3. The Morgan fingerprint density at radius 1 is 1.04 bits per heavy atom. The van der Waals surface area contributed by atoms with Gasteiger partial charge in [0.25, 0.3) is 0 Å². The van der Waals surface area contributed by atoms with E-state index in [1.807, 2.05) is 30.3 Å². The van der Waals surface area contributed by atoms with E-state index < -0.39 is 5.92 Å². The quantitative estimate of drug-likeness (QED) is 0.423. The van der Waals surface area contributed by atoms with Gasteiger partial charge in [0.15, 0.2) is 17.3 Å². The molecule has 0 aliphatic rings. The van der Waals surface area contributed by atoms with E-state index in [4.69, 9.17) is 14.2 Å². The summed E-state index contributed by atoms with van der Waals surface area (Å²) in [6.07, 6.45) is 0.611. The lowest BCUT2D eigenvalue weighted by Gasteiger charge is -2.17. The van der Waals surface area contributed by atoms with Crippen LogP contribution in [0.4, 0.5) is 0 Å². The number of aldehydes is 1. The van der Waals surface area contributed by atoms with Crippen LogP contribution in [0.2, 0.25) is 0 Å². The number of carbonyl (C=O) groups excluding carboxylic acids is 2. The first-order chi connectivity index (χ1) is 11.6. The molecule has 2 rings (SSSR count). The van der Waals surface area contributed by atoms with Gasteiger partial charge in [-0.05, 0) is 24.6 Å². The molecular formula is C19H20O5. The van der Waals surface area contributed by atoms with Crippen molar-refractivity contribution in [2.75, 3.05) is 14.2 Å². The van der Waals surface area contributed by atoms with Crippen LogP contribution in [0.15, 0.2) is 42.5 Å². The number of benzene rings is 2. The summed E-state index contributed by atoms with van der Waals surface area (Å²) < 4.78 is 16.5. The van der Waals surface area contributed by atoms with E-state index in [0.29, 0.717) is 23.3 Å². The summed E-state index contributed by atoms with van der Waals surface area (Å²) in [5.41, 5.74) is 1.24. The third-order valence-corrected chi connectivity index (χ3v) is 3.61. The molecule has 0 spiro atoms. The SMILES string of the molecule is COc1ccc(C(=O)[C@@H](C)C=O)c(OCc2ccccc2)c1OC. The summed E-state index contributed by atoms with van der Waals surface area (Å²) in [5, 5.41) is 0. The molecule has 126 valence electrons. The summed E-state index contributed by atoms with van der Waals surface area (Å²) in [7, 11) is 2.99. The minimum absolute atomic E-state index is 0.264. The molecule has 0 heterocycles. The molecule has 5 nitrogen and oxygen atoms in total. The Morgan fingerprint density at radius 3 is 2.33 bits per heavy atom. The largest absolute Gasteiger partial charge is 0.493 e. The molecule has 0 saturated carbocycles. The lowest BCUT2D eigenvalue weighted by Crippen LogP contribution is -2.15. The van der Waals surface area contributed by atoms with Crippen molar-refractivity contribution in [1.82, 2.24) is 0 Å². The van der Waals surface area contributed by atoms with E-state index >= 15 is 0 Å². The minimum Gasteiger partial charge on any atom is -0.493 e. The molecule has 2 aromatic carbocycles. The molecule has 0 aliphatic carbocycles. The molecule has 24 heavy (non-hydrogen) atoms. The van der Waals surface area contributed by atoms with Crippen molar-refractivity contribution >= 4 is 12.1 Å². The second kappa shape index (κ2) is 8.15. The van der Waals surface area contributed by atoms with Crippen LogP contribution in [0.5, 0.6) is 17.2 Å². The van der Waals surface area contributed by atoms with E-state index in [-0.39, 0.29) is 18.1 Å². The first-order valence-electron chi connectivity index (χ1n) is 7.53. The fourth-order valence-electron chi connectivity index (χ4n) is 2.27. The van der Waals surface area contributed by atoms with Gasteiger partial charge < -0.3 is 19.0 Å². The average molecular weight is 328 g/mol. The molecule has 0 aliphatic heterocycles. The van der Waals surface area contributed by atoms with Crippen molar-refractivity contribution in [2.45, 2.75) is 13.5 Å². The number of hydrogen-bond acceptors (Lipinski definition) is 5. The predicted octanol–water partition coefficient (Wildman–Crippen LogP) is 3.30. The van der Waals surface area contributed by atoms with Crippen molar-refractivity contribution in [1.29, 1.82) is 0 Å². The second-order valence-electron chi connectivity index (χ2n) is 5.24. The number of ketones is 1. The number of methoxy groups -OCH3 is 2. The van der Waals surface area contributed by atoms with Crippen LogP contribution in [0.3, 0.4) is 0 Å². The van der Waals surface area contributed by atoms with Crippen molar-refractivity contribution in [3.63, 3.8) is 0 Å². The molecule has 0 aromatic heterocycles. The maximum Gasteiger partial charge on any atom is 0.204 e. The highest BCUT2D eigenvalue weighted by molar-refractivity contribution is 6.07. The molecule has 0 amide bonds. The monoisotopic (exact) mass is 328 g/mol. The van der Waals surface area contributed by atoms with Crippen LogP contribution in [0.25, 0.3) is 0 Å². The molecule has 0 saturated heterocycles. The van der Waals surface area contributed by atoms with Gasteiger partial charge in [-0.2, -0.15) is 0 Å². The molecule has 0 unspecified atom stereocenters. The molecule has 5 heteroatoms. The van der Waals surface area contributed by atoms with Gasteiger partial charge in [-0.15, -0.1) is 0 Å². The number of rotatable bonds is 8. The molecular weight excluding hydrogens is 308 g/mol. The summed E-state index contributed by atoms with van der Waals surface area (Å²) >= 11 is 0. The summed E-state index contributed by atoms with van der Waals surface area (Å²) in [4.78, 5) is 23.4. The normalized spacial score (nSPS) is 11.5. The van der Waals surface area contributed by atoms with E-state index in [0.717, 1.165) is 5.56 Å². The Labute approximate surface area is 141 Å². The lowest BCUT2D eigenvalue weighted by molar-refractivity contribution is -0.109. The van der Waals surface area contributed by atoms with Crippen LogP contribution in [0.1, 0.15) is 22.8 Å². The summed E-state index contributed by atoms with van der Waals surface area (Å²) in [6.45, 7) is 1.81. The highest BCUT2D eigenvalue weighted by Gasteiger charge is 2.24. The zero-order valence-electron chi connectivity index (χ0n) is 13.9. The average Bonchev–Trinajstić information content (AvgIpc) is 2.64. The predicted molar refractivity (Wildman–Crippen MR) is 89.9 cm³/mol. The van der Waals surface area contributed by atoms with Crippen LogP contribution in [0, 0.1) is 5.92 Å². The van der Waals surface area contributed by atoms with E-state index in [1.165, 1.54) is 14.2 Å². The van der Waals surface area contributed by atoms with Gasteiger partial charge >= 0.3 is 0 Å². The van der Waals surface area contributed by atoms with Crippen LogP contribution in [-0.2, 0) is 11.4 Å². The first kappa shape index (κ1) is 17.5. The Bertz CT molecular complexity index is 709. The molecule has 0 N–H and O–H groups in total. The number of hydrogen-bond donors (Lipinski definition) is 0. The zero-order chi connectivity index (χ0) is 17.5. The number of carbonyl (C=O) groups is 2. The van der Waals surface area contributed by atoms with Gasteiger partial charge in [0.1, 0.15) is 12.9 Å². The van der Waals surface area contributed by atoms with Crippen molar-refractivity contribution in [3.8, 4) is 17.2 Å². The molecule has 2 aromatic rings. The Hall–Kier alpha value is -2.82. The fourth-order valence-corrected chi connectivity index (χ4v) is 2.27. The lowest BCUT2D eigenvalue weighted by atomic mass is 9.99. The maximum absolute atomic E-state index is 12.5. The molecule has 1 atom stereocenters. The second-order valence-corrected chi connectivity index (χ2v) is 5.24. The standard InChI is InChI=1S/C19H20O5/c1-13(11-20)17(21)15-9-10-16(22-2)19(23-3)18(15)24-12-14-7-5-4-6-8-14/h4-11,13H,12H2,1-3H3/t13-/m0/s1. The molecule has 0 bridgehead atoms. The maximum atomic E-state index is 12.5. The van der Waals surface area contributed by atoms with Crippen LogP contribution in [-0.4, -0.2) is 26.3 Å². The van der Waals surface area contributed by atoms with E-state index in [2.05, 4.69) is 0 Å². The highest BCUT2D eigenvalue weighted by atomic mass is 16.5. The summed E-state index contributed by atoms with van der Waals surface area (Å²) in [6, 6.07) is 12.8.